The Morgan fingerprint density at radius 3 is 3.00 bits per heavy atom. The Morgan fingerprint density at radius 2 is 2.27 bits per heavy atom. The minimum atomic E-state index is -1.06. The fourth-order valence-corrected chi connectivity index (χ4v) is 4.60. The number of nitrogens with two attached hydrogens (primary N) is 1. The number of carbonyl (C=O) groups excluding carboxylic acids is 1. The van der Waals surface area contributed by atoms with Crippen molar-refractivity contribution >= 4 is 40.0 Å². The highest BCUT2D eigenvalue weighted by molar-refractivity contribution is 6.30. The molecule has 10 heteroatoms. The molecule has 1 aromatic carbocycles. The summed E-state index contributed by atoms with van der Waals surface area (Å²) >= 11 is 6.01. The number of nitrogens with zero attached hydrogens (tertiary/aromatic N) is 4. The number of piperidine rings is 1. The number of H-pyrrole nitrogens is 1. The third-order valence-electron chi connectivity index (χ3n) is 5.87. The molecule has 0 aliphatic carbocycles. The molecule has 4 rings (SSSR count). The number of hydrogen-bond donors (Lipinski definition) is 3. The predicted molar refractivity (Wildman–Crippen MR) is 114 cm³/mol. The number of halogens is 2. The van der Waals surface area contributed by atoms with E-state index in [9.17, 15) is 9.18 Å². The van der Waals surface area contributed by atoms with Gasteiger partial charge in [0.15, 0.2) is 5.65 Å². The molecular formula is C20H23ClFN7O. The Kier molecular flexibility index (Phi) is 5.46. The number of nitrogens with one attached hydrogen (secondary N) is 2. The van der Waals surface area contributed by atoms with Gasteiger partial charge in [-0.05, 0) is 37.5 Å². The number of fused-ring (bicyclic) bond motifs is 1. The van der Waals surface area contributed by atoms with Crippen LogP contribution in [0.3, 0.4) is 0 Å². The van der Waals surface area contributed by atoms with Crippen molar-refractivity contribution in [1.82, 2.24) is 20.2 Å². The molecule has 2 aromatic heterocycles. The van der Waals surface area contributed by atoms with Gasteiger partial charge in [0.05, 0.1) is 11.6 Å². The number of amides is 1. The first kappa shape index (κ1) is 20.3. The number of hydrogen-bond acceptors (Lipinski definition) is 6. The van der Waals surface area contributed by atoms with E-state index in [0.29, 0.717) is 24.3 Å². The van der Waals surface area contributed by atoms with Crippen LogP contribution in [0.2, 0.25) is 5.02 Å². The molecule has 8 nitrogen and oxygen atoms in total. The zero-order valence-corrected chi connectivity index (χ0v) is 17.3. The highest BCUT2D eigenvalue weighted by Crippen LogP contribution is 2.36. The Bertz CT molecular complexity index is 1050. The van der Waals surface area contributed by atoms with Crippen LogP contribution >= 0.6 is 11.6 Å². The minimum Gasteiger partial charge on any atom is -0.371 e. The lowest BCUT2D eigenvalue weighted by Gasteiger charge is -2.44. The van der Waals surface area contributed by atoms with Gasteiger partial charge in [0, 0.05) is 29.7 Å². The molecule has 0 spiro atoms. The number of aromatic nitrogens is 4. The highest BCUT2D eigenvalue weighted by atomic mass is 35.5. The Morgan fingerprint density at radius 1 is 1.43 bits per heavy atom. The van der Waals surface area contributed by atoms with E-state index in [1.54, 1.807) is 12.3 Å². The summed E-state index contributed by atoms with van der Waals surface area (Å²) in [7, 11) is 0. The smallest absolute Gasteiger partial charge is 0.243 e. The van der Waals surface area contributed by atoms with Gasteiger partial charge in [-0.15, -0.1) is 0 Å². The first-order chi connectivity index (χ1) is 14.4. The van der Waals surface area contributed by atoms with Gasteiger partial charge in [0.1, 0.15) is 23.5 Å². The maximum Gasteiger partial charge on any atom is 0.243 e. The van der Waals surface area contributed by atoms with Crippen molar-refractivity contribution in [1.29, 1.82) is 0 Å². The maximum absolute atomic E-state index is 13.9. The number of benzene rings is 1. The van der Waals surface area contributed by atoms with Crippen molar-refractivity contribution < 1.29 is 9.18 Å². The van der Waals surface area contributed by atoms with E-state index in [-0.39, 0.29) is 10.9 Å². The topological polar surface area (TPSA) is 113 Å². The molecule has 30 heavy (non-hydrogen) atoms. The largest absolute Gasteiger partial charge is 0.371 e. The van der Waals surface area contributed by atoms with Gasteiger partial charge >= 0.3 is 0 Å². The number of aromatic amines is 1. The molecule has 3 aromatic rings. The van der Waals surface area contributed by atoms with Crippen LogP contribution < -0.4 is 16.0 Å². The van der Waals surface area contributed by atoms with Crippen molar-refractivity contribution in [3.63, 3.8) is 0 Å². The lowest BCUT2D eigenvalue weighted by molar-refractivity contribution is -0.124. The molecule has 2 atom stereocenters. The molecule has 1 saturated heterocycles. The second kappa shape index (κ2) is 8.06. The third kappa shape index (κ3) is 3.65. The van der Waals surface area contributed by atoms with E-state index in [2.05, 4.69) is 30.4 Å². The van der Waals surface area contributed by atoms with Crippen LogP contribution in [-0.2, 0) is 4.79 Å². The van der Waals surface area contributed by atoms with E-state index >= 15 is 0 Å². The van der Waals surface area contributed by atoms with Gasteiger partial charge in [-0.2, -0.15) is 5.10 Å². The second-order valence-electron chi connectivity index (χ2n) is 7.59. The van der Waals surface area contributed by atoms with Crippen molar-refractivity contribution in [2.45, 2.75) is 31.7 Å². The molecule has 0 radical (unpaired) electrons. The van der Waals surface area contributed by atoms with Crippen LogP contribution in [0.25, 0.3) is 11.0 Å². The van der Waals surface area contributed by atoms with Gasteiger partial charge in [-0.1, -0.05) is 18.5 Å². The first-order valence-electron chi connectivity index (χ1n) is 9.86. The molecule has 3 heterocycles. The normalized spacial score (nSPS) is 18.9. The Labute approximate surface area is 178 Å². The SMILES string of the molecule is CCC(Nc1cc(F)cc(Cl)c1)(C(N)=O)[C@@H]1CCCN(c2ncnc3[nH]ncc23)C1. The van der Waals surface area contributed by atoms with Crippen LogP contribution in [0.4, 0.5) is 15.9 Å². The third-order valence-corrected chi connectivity index (χ3v) is 6.09. The summed E-state index contributed by atoms with van der Waals surface area (Å²) in [5.41, 5.74) is 5.94. The van der Waals surface area contributed by atoms with Crippen LogP contribution in [0, 0.1) is 11.7 Å². The van der Waals surface area contributed by atoms with Crippen molar-refractivity contribution in [3.05, 3.63) is 41.6 Å². The number of rotatable bonds is 6. The summed E-state index contributed by atoms with van der Waals surface area (Å²) in [6.45, 7) is 3.25. The van der Waals surface area contributed by atoms with E-state index in [4.69, 9.17) is 17.3 Å². The summed E-state index contributed by atoms with van der Waals surface area (Å²) < 4.78 is 13.9. The van der Waals surface area contributed by atoms with Gasteiger partial charge in [-0.25, -0.2) is 14.4 Å². The van der Waals surface area contributed by atoms with Crippen molar-refractivity contribution in [2.24, 2.45) is 11.7 Å². The molecular weight excluding hydrogens is 409 g/mol. The Balaban J connectivity index is 1.67. The van der Waals surface area contributed by atoms with Crippen molar-refractivity contribution in [3.8, 4) is 0 Å². The minimum absolute atomic E-state index is 0.118. The fraction of sp³-hybridized carbons (Fsp3) is 0.400. The molecule has 0 saturated carbocycles. The summed E-state index contributed by atoms with van der Waals surface area (Å²) in [4.78, 5) is 23.5. The quantitative estimate of drug-likeness (QED) is 0.552. The van der Waals surface area contributed by atoms with Crippen LogP contribution in [0.5, 0.6) is 0 Å². The fourth-order valence-electron chi connectivity index (χ4n) is 4.38. The standard InChI is InChI=1S/C20H23ClFN7O/c1-2-20(19(23)30,27-15-7-13(21)6-14(22)8-15)12-4-3-5-29(10-12)18-16-9-26-28-17(16)24-11-25-18/h6-9,11-12,27H,2-5,10H2,1H3,(H2,23,30)(H,24,25,26,28)/t12-,20?/m1/s1. The lowest BCUT2D eigenvalue weighted by Crippen LogP contribution is -2.59. The average Bonchev–Trinajstić information content (AvgIpc) is 3.20. The predicted octanol–water partition coefficient (Wildman–Crippen LogP) is 3.11. The van der Waals surface area contributed by atoms with Gasteiger partial charge in [-0.3, -0.25) is 9.89 Å². The summed E-state index contributed by atoms with van der Waals surface area (Å²) in [5, 5.41) is 11.2. The van der Waals surface area contributed by atoms with E-state index < -0.39 is 17.3 Å². The molecule has 1 unspecified atom stereocenters. The number of anilines is 2. The summed E-state index contributed by atoms with van der Waals surface area (Å²) in [6.07, 6.45) is 5.29. The Hall–Kier alpha value is -2.94. The number of carbonyl (C=O) groups is 1. The molecule has 1 amide bonds. The first-order valence-corrected chi connectivity index (χ1v) is 10.2. The summed E-state index contributed by atoms with van der Waals surface area (Å²) in [5.74, 6) is -0.309. The van der Waals surface area contributed by atoms with Gasteiger partial charge < -0.3 is 16.0 Å². The molecule has 1 aliphatic rings. The van der Waals surface area contributed by atoms with Gasteiger partial charge in [0.2, 0.25) is 5.91 Å². The monoisotopic (exact) mass is 431 g/mol. The number of primary amides is 1. The maximum atomic E-state index is 13.9. The molecule has 1 fully saturated rings. The van der Waals surface area contributed by atoms with Crippen LogP contribution in [-0.4, -0.2) is 44.7 Å². The van der Waals surface area contributed by atoms with E-state index in [1.165, 1.54) is 18.5 Å². The zero-order chi connectivity index (χ0) is 21.3. The van der Waals surface area contributed by atoms with E-state index in [1.807, 2.05) is 6.92 Å². The van der Waals surface area contributed by atoms with Crippen LogP contribution in [0.1, 0.15) is 26.2 Å². The molecule has 0 bridgehead atoms. The van der Waals surface area contributed by atoms with Crippen molar-refractivity contribution in [2.75, 3.05) is 23.3 Å². The highest BCUT2D eigenvalue weighted by Gasteiger charge is 2.45. The summed E-state index contributed by atoms with van der Waals surface area (Å²) in [6, 6.07) is 4.13. The molecule has 158 valence electrons. The lowest BCUT2D eigenvalue weighted by atomic mass is 9.76. The average molecular weight is 432 g/mol. The zero-order valence-electron chi connectivity index (χ0n) is 16.5. The van der Waals surface area contributed by atoms with Crippen LogP contribution in [0.15, 0.2) is 30.7 Å². The molecule has 4 N–H and O–H groups in total. The molecule has 1 aliphatic heterocycles. The van der Waals surface area contributed by atoms with E-state index in [0.717, 1.165) is 30.6 Å². The van der Waals surface area contributed by atoms with Gasteiger partial charge in [0.25, 0.3) is 0 Å². The second-order valence-corrected chi connectivity index (χ2v) is 8.02.